The SMILES string of the molecule is CC(C)(C)N[C@@H](COC(C)(C)C)C(=O)NCCCCOCCOCCC(CO)COC(C)(C)C. The summed E-state index contributed by atoms with van der Waals surface area (Å²) in [7, 11) is 0. The molecule has 0 saturated carbocycles. The van der Waals surface area contributed by atoms with Crippen molar-refractivity contribution in [3.63, 3.8) is 0 Å². The van der Waals surface area contributed by atoms with E-state index in [1.165, 1.54) is 0 Å². The maximum atomic E-state index is 12.6. The van der Waals surface area contributed by atoms with E-state index in [0.29, 0.717) is 46.2 Å². The number of ether oxygens (including phenoxy) is 4. The zero-order valence-corrected chi connectivity index (χ0v) is 23.4. The second-order valence-corrected chi connectivity index (χ2v) is 11.9. The van der Waals surface area contributed by atoms with Gasteiger partial charge in [-0.25, -0.2) is 0 Å². The molecule has 0 saturated heterocycles. The Morgan fingerprint density at radius 3 is 1.88 bits per heavy atom. The summed E-state index contributed by atoms with van der Waals surface area (Å²) in [6, 6.07) is -0.391. The molecule has 3 N–H and O–H groups in total. The summed E-state index contributed by atoms with van der Waals surface area (Å²) in [6.45, 7) is 22.0. The Labute approximate surface area is 208 Å². The van der Waals surface area contributed by atoms with Crippen molar-refractivity contribution in [3.8, 4) is 0 Å². The summed E-state index contributed by atoms with van der Waals surface area (Å²) >= 11 is 0. The van der Waals surface area contributed by atoms with Gasteiger partial charge in [-0.3, -0.25) is 10.1 Å². The fourth-order valence-corrected chi connectivity index (χ4v) is 2.87. The molecule has 1 unspecified atom stereocenters. The largest absolute Gasteiger partial charge is 0.396 e. The molecule has 0 aromatic rings. The van der Waals surface area contributed by atoms with Crippen LogP contribution in [0.2, 0.25) is 0 Å². The highest BCUT2D eigenvalue weighted by Crippen LogP contribution is 2.12. The second kappa shape index (κ2) is 16.8. The average molecular weight is 491 g/mol. The molecule has 0 fully saturated rings. The van der Waals surface area contributed by atoms with Crippen molar-refractivity contribution >= 4 is 5.91 Å². The Morgan fingerprint density at radius 1 is 0.794 bits per heavy atom. The van der Waals surface area contributed by atoms with Gasteiger partial charge in [-0.2, -0.15) is 0 Å². The van der Waals surface area contributed by atoms with Crippen LogP contribution >= 0.6 is 0 Å². The number of hydrogen-bond donors (Lipinski definition) is 3. The third-order valence-corrected chi connectivity index (χ3v) is 4.67. The first-order chi connectivity index (χ1) is 15.6. The first kappa shape index (κ1) is 33.2. The molecule has 204 valence electrons. The Kier molecular flexibility index (Phi) is 16.4. The van der Waals surface area contributed by atoms with Gasteiger partial charge >= 0.3 is 0 Å². The lowest BCUT2D eigenvalue weighted by Gasteiger charge is -2.30. The predicted octanol–water partition coefficient (Wildman–Crippen LogP) is 3.30. The van der Waals surface area contributed by atoms with Crippen LogP contribution in [0.4, 0.5) is 0 Å². The average Bonchev–Trinajstić information content (AvgIpc) is 2.69. The number of unbranched alkanes of at least 4 members (excludes halogenated alkanes) is 1. The lowest BCUT2D eigenvalue weighted by molar-refractivity contribution is -0.127. The summed E-state index contributed by atoms with van der Waals surface area (Å²) in [5.41, 5.74) is -0.671. The van der Waals surface area contributed by atoms with Crippen molar-refractivity contribution < 1.29 is 28.8 Å². The Hall–Kier alpha value is -0.770. The Morgan fingerprint density at radius 2 is 1.35 bits per heavy atom. The highest BCUT2D eigenvalue weighted by molar-refractivity contribution is 5.82. The molecule has 0 bridgehead atoms. The van der Waals surface area contributed by atoms with Crippen LogP contribution in [-0.4, -0.2) is 86.6 Å². The van der Waals surface area contributed by atoms with E-state index >= 15 is 0 Å². The molecule has 2 atom stereocenters. The van der Waals surface area contributed by atoms with Gasteiger partial charge in [-0.1, -0.05) is 0 Å². The molecule has 34 heavy (non-hydrogen) atoms. The van der Waals surface area contributed by atoms with Gasteiger partial charge in [0.2, 0.25) is 5.91 Å². The van der Waals surface area contributed by atoms with Gasteiger partial charge in [0, 0.05) is 37.8 Å². The van der Waals surface area contributed by atoms with Crippen molar-refractivity contribution in [2.75, 3.05) is 52.8 Å². The number of rotatable bonds is 18. The predicted molar refractivity (Wildman–Crippen MR) is 137 cm³/mol. The molecule has 8 nitrogen and oxygen atoms in total. The minimum absolute atomic E-state index is 0.0393. The molecule has 0 radical (unpaired) electrons. The zero-order valence-electron chi connectivity index (χ0n) is 23.4. The molecule has 0 aromatic heterocycles. The van der Waals surface area contributed by atoms with Crippen molar-refractivity contribution in [2.24, 2.45) is 5.92 Å². The molecular weight excluding hydrogens is 436 g/mol. The number of carbonyl (C=O) groups is 1. The van der Waals surface area contributed by atoms with Crippen molar-refractivity contribution in [3.05, 3.63) is 0 Å². The number of amides is 1. The van der Waals surface area contributed by atoms with Crippen LogP contribution in [0.15, 0.2) is 0 Å². The van der Waals surface area contributed by atoms with E-state index in [2.05, 4.69) is 10.6 Å². The third-order valence-electron chi connectivity index (χ3n) is 4.67. The zero-order chi connectivity index (χ0) is 26.3. The van der Waals surface area contributed by atoms with E-state index in [1.54, 1.807) is 0 Å². The first-order valence-corrected chi connectivity index (χ1v) is 12.7. The van der Waals surface area contributed by atoms with Gasteiger partial charge in [0.05, 0.1) is 37.6 Å². The second-order valence-electron chi connectivity index (χ2n) is 11.9. The monoisotopic (exact) mass is 490 g/mol. The van der Waals surface area contributed by atoms with E-state index < -0.39 is 6.04 Å². The molecule has 1 amide bonds. The topological polar surface area (TPSA) is 98.3 Å². The maximum absolute atomic E-state index is 12.6. The lowest BCUT2D eigenvalue weighted by atomic mass is 10.1. The number of aliphatic hydroxyl groups is 1. The number of nitrogens with one attached hydrogen (secondary N) is 2. The first-order valence-electron chi connectivity index (χ1n) is 12.7. The molecule has 0 aromatic carbocycles. The number of hydrogen-bond acceptors (Lipinski definition) is 7. The van der Waals surface area contributed by atoms with Crippen molar-refractivity contribution in [2.45, 2.75) is 104 Å². The summed E-state index contributed by atoms with van der Waals surface area (Å²) in [6.07, 6.45) is 2.48. The molecule has 0 heterocycles. The molecule has 0 spiro atoms. The van der Waals surface area contributed by atoms with Crippen LogP contribution in [0, 0.1) is 5.92 Å². The molecule has 8 heteroatoms. The van der Waals surface area contributed by atoms with E-state index in [9.17, 15) is 9.90 Å². The van der Waals surface area contributed by atoms with Gasteiger partial charge in [0.25, 0.3) is 0 Å². The fourth-order valence-electron chi connectivity index (χ4n) is 2.87. The van der Waals surface area contributed by atoms with E-state index in [0.717, 1.165) is 19.3 Å². The number of aliphatic hydroxyl groups excluding tert-OH is 1. The quantitative estimate of drug-likeness (QED) is 0.254. The summed E-state index contributed by atoms with van der Waals surface area (Å²) in [5.74, 6) is 0.0520. The number of carbonyl (C=O) groups excluding carboxylic acids is 1. The minimum atomic E-state index is -0.391. The normalized spacial score (nSPS) is 14.8. The molecule has 0 rings (SSSR count). The highest BCUT2D eigenvalue weighted by atomic mass is 16.5. The molecule has 0 aliphatic carbocycles. The van der Waals surface area contributed by atoms with Crippen LogP contribution in [0.5, 0.6) is 0 Å². The van der Waals surface area contributed by atoms with Crippen molar-refractivity contribution in [1.82, 2.24) is 10.6 Å². The smallest absolute Gasteiger partial charge is 0.239 e. The fraction of sp³-hybridized carbons (Fsp3) is 0.962. The Bertz CT molecular complexity index is 523. The maximum Gasteiger partial charge on any atom is 0.239 e. The molecular formula is C26H54N2O6. The Balaban J connectivity index is 3.87. The third kappa shape index (κ3) is 21.7. The highest BCUT2D eigenvalue weighted by Gasteiger charge is 2.25. The lowest BCUT2D eigenvalue weighted by Crippen LogP contribution is -2.54. The van der Waals surface area contributed by atoms with Crippen LogP contribution in [0.3, 0.4) is 0 Å². The van der Waals surface area contributed by atoms with Gasteiger partial charge in [-0.15, -0.1) is 0 Å². The summed E-state index contributed by atoms with van der Waals surface area (Å²) in [5, 5.41) is 15.8. The van der Waals surface area contributed by atoms with Crippen LogP contribution < -0.4 is 10.6 Å². The van der Waals surface area contributed by atoms with Gasteiger partial charge in [0.1, 0.15) is 6.04 Å². The van der Waals surface area contributed by atoms with Gasteiger partial charge in [-0.05, 0) is 81.6 Å². The molecule has 0 aliphatic heterocycles. The van der Waals surface area contributed by atoms with Crippen LogP contribution in [0.1, 0.15) is 81.6 Å². The minimum Gasteiger partial charge on any atom is -0.396 e. The van der Waals surface area contributed by atoms with Crippen LogP contribution in [0.25, 0.3) is 0 Å². The van der Waals surface area contributed by atoms with E-state index in [-0.39, 0.29) is 35.2 Å². The van der Waals surface area contributed by atoms with E-state index in [1.807, 2.05) is 62.3 Å². The van der Waals surface area contributed by atoms with Crippen molar-refractivity contribution in [1.29, 1.82) is 0 Å². The molecule has 0 aliphatic rings. The van der Waals surface area contributed by atoms with E-state index in [4.69, 9.17) is 18.9 Å². The van der Waals surface area contributed by atoms with Crippen LogP contribution in [-0.2, 0) is 23.7 Å². The summed E-state index contributed by atoms with van der Waals surface area (Å²) < 4.78 is 22.8. The summed E-state index contributed by atoms with van der Waals surface area (Å²) in [4.78, 5) is 12.6. The standard InChI is InChI=1S/C26H54N2O6/c1-24(2,3)28-22(20-34-26(7,8)9)23(30)27-13-10-11-14-31-16-17-32-15-12-21(18-29)19-33-25(4,5)6/h21-22,28-29H,10-20H2,1-9H3,(H,27,30)/t21?,22-/m0/s1. The van der Waals surface area contributed by atoms with Gasteiger partial charge in [0.15, 0.2) is 0 Å². The van der Waals surface area contributed by atoms with Gasteiger partial charge < -0.3 is 29.4 Å².